The molecule has 0 bridgehead atoms. The molecular formula is C12H4FNO5. The van der Waals surface area contributed by atoms with Gasteiger partial charge >= 0.3 is 11.9 Å². The summed E-state index contributed by atoms with van der Waals surface area (Å²) in [5.41, 5.74) is -0.594. The molecule has 2 aromatic rings. The summed E-state index contributed by atoms with van der Waals surface area (Å²) in [6.45, 7) is 0. The Bertz CT molecular complexity index is 783. The van der Waals surface area contributed by atoms with Gasteiger partial charge in [0.1, 0.15) is 5.82 Å². The van der Waals surface area contributed by atoms with Crippen LogP contribution >= 0.6 is 0 Å². The Labute approximate surface area is 104 Å². The normalized spacial score (nSPS) is 13.5. The molecule has 1 aliphatic heterocycles. The molecule has 0 amide bonds. The minimum atomic E-state index is -0.974. The van der Waals surface area contributed by atoms with Crippen molar-refractivity contribution in [3.8, 4) is 0 Å². The number of hydrogen-bond acceptors (Lipinski definition) is 5. The van der Waals surface area contributed by atoms with E-state index in [0.29, 0.717) is 0 Å². The first-order chi connectivity index (χ1) is 8.97. The van der Waals surface area contributed by atoms with E-state index in [9.17, 15) is 24.1 Å². The number of carbonyl (C=O) groups excluding carboxylic acids is 2. The summed E-state index contributed by atoms with van der Waals surface area (Å²) < 4.78 is 17.8. The lowest BCUT2D eigenvalue weighted by molar-refractivity contribution is -0.384. The minimum absolute atomic E-state index is 0.112. The maximum atomic E-state index is 13.4. The summed E-state index contributed by atoms with van der Waals surface area (Å²) in [6.07, 6.45) is 0. The van der Waals surface area contributed by atoms with E-state index in [0.717, 1.165) is 24.3 Å². The van der Waals surface area contributed by atoms with E-state index in [2.05, 4.69) is 4.74 Å². The Morgan fingerprint density at radius 3 is 2.32 bits per heavy atom. The minimum Gasteiger partial charge on any atom is -0.386 e. The van der Waals surface area contributed by atoms with E-state index in [1.165, 1.54) is 0 Å². The second-order valence-corrected chi connectivity index (χ2v) is 3.98. The fourth-order valence-electron chi connectivity index (χ4n) is 2.08. The van der Waals surface area contributed by atoms with E-state index in [1.54, 1.807) is 0 Å². The highest BCUT2D eigenvalue weighted by Crippen LogP contribution is 2.33. The molecule has 0 spiro atoms. The molecule has 1 aliphatic rings. The van der Waals surface area contributed by atoms with Gasteiger partial charge in [0.15, 0.2) is 0 Å². The van der Waals surface area contributed by atoms with Gasteiger partial charge in [-0.1, -0.05) is 0 Å². The highest BCUT2D eigenvalue weighted by molar-refractivity contribution is 6.21. The van der Waals surface area contributed by atoms with E-state index >= 15 is 0 Å². The van der Waals surface area contributed by atoms with Crippen molar-refractivity contribution in [2.75, 3.05) is 0 Å². The molecule has 0 aliphatic carbocycles. The molecule has 3 rings (SSSR count). The molecule has 6 nitrogen and oxygen atoms in total. The van der Waals surface area contributed by atoms with E-state index in [-0.39, 0.29) is 27.6 Å². The standard InChI is InChI=1S/C12H4FNO5/c13-6-1-5-2-7(14(17)18)4-9-10(5)8(3-6)11(15)19-12(9)16/h1-4H. The summed E-state index contributed by atoms with van der Waals surface area (Å²) in [4.78, 5) is 33.2. The molecule has 0 N–H and O–H groups in total. The van der Waals surface area contributed by atoms with Crippen molar-refractivity contribution in [1.29, 1.82) is 0 Å². The molecular weight excluding hydrogens is 257 g/mol. The van der Waals surface area contributed by atoms with Crippen LogP contribution in [0.4, 0.5) is 10.1 Å². The van der Waals surface area contributed by atoms with Gasteiger partial charge in [0, 0.05) is 17.5 Å². The molecule has 19 heavy (non-hydrogen) atoms. The van der Waals surface area contributed by atoms with Crippen LogP contribution in [0.25, 0.3) is 10.8 Å². The van der Waals surface area contributed by atoms with E-state index < -0.39 is 22.7 Å². The van der Waals surface area contributed by atoms with Crippen molar-refractivity contribution in [2.45, 2.75) is 0 Å². The van der Waals surface area contributed by atoms with Crippen LogP contribution in [0.15, 0.2) is 24.3 Å². The summed E-state index contributed by atoms with van der Waals surface area (Å²) in [5.74, 6) is -2.67. The first-order valence-corrected chi connectivity index (χ1v) is 5.15. The van der Waals surface area contributed by atoms with Crippen LogP contribution in [0.1, 0.15) is 20.7 Å². The Morgan fingerprint density at radius 2 is 1.68 bits per heavy atom. The lowest BCUT2D eigenvalue weighted by Crippen LogP contribution is -2.20. The third-order valence-electron chi connectivity index (χ3n) is 2.83. The van der Waals surface area contributed by atoms with Crippen molar-refractivity contribution in [1.82, 2.24) is 0 Å². The lowest BCUT2D eigenvalue weighted by Gasteiger charge is -2.15. The third kappa shape index (κ3) is 1.55. The maximum Gasteiger partial charge on any atom is 0.346 e. The molecule has 7 heteroatoms. The topological polar surface area (TPSA) is 86.5 Å². The van der Waals surface area contributed by atoms with Crippen molar-refractivity contribution in [3.63, 3.8) is 0 Å². The summed E-state index contributed by atoms with van der Waals surface area (Å²) in [5, 5.41) is 11.1. The third-order valence-corrected chi connectivity index (χ3v) is 2.83. The molecule has 94 valence electrons. The van der Waals surface area contributed by atoms with E-state index in [4.69, 9.17) is 0 Å². The first-order valence-electron chi connectivity index (χ1n) is 5.15. The van der Waals surface area contributed by atoms with Crippen LogP contribution < -0.4 is 0 Å². The largest absolute Gasteiger partial charge is 0.386 e. The van der Waals surface area contributed by atoms with Gasteiger partial charge in [0.2, 0.25) is 0 Å². The van der Waals surface area contributed by atoms with Crippen molar-refractivity contribution in [3.05, 3.63) is 51.3 Å². The van der Waals surface area contributed by atoms with Gasteiger partial charge in [-0.3, -0.25) is 10.1 Å². The van der Waals surface area contributed by atoms with Crippen LogP contribution in [0.5, 0.6) is 0 Å². The van der Waals surface area contributed by atoms with Crippen LogP contribution in [-0.2, 0) is 4.74 Å². The summed E-state index contributed by atoms with van der Waals surface area (Å²) >= 11 is 0. The predicted molar refractivity (Wildman–Crippen MR) is 60.3 cm³/mol. The molecule has 0 atom stereocenters. The molecule has 0 fully saturated rings. The maximum absolute atomic E-state index is 13.4. The van der Waals surface area contributed by atoms with Crippen LogP contribution in [0.3, 0.4) is 0 Å². The summed E-state index contributed by atoms with van der Waals surface area (Å²) in [6, 6.07) is 4.09. The second-order valence-electron chi connectivity index (χ2n) is 3.98. The predicted octanol–water partition coefficient (Wildman–Crippen LogP) is 2.20. The van der Waals surface area contributed by atoms with Gasteiger partial charge in [-0.25, -0.2) is 14.0 Å². The van der Waals surface area contributed by atoms with Gasteiger partial charge in [-0.15, -0.1) is 0 Å². The number of nitro groups is 1. The Balaban J connectivity index is 2.50. The zero-order valence-corrected chi connectivity index (χ0v) is 9.18. The zero-order valence-electron chi connectivity index (χ0n) is 9.18. The van der Waals surface area contributed by atoms with Crippen molar-refractivity contribution in [2.24, 2.45) is 0 Å². The van der Waals surface area contributed by atoms with Crippen LogP contribution in [0.2, 0.25) is 0 Å². The Hall–Kier alpha value is -2.83. The Morgan fingerprint density at radius 1 is 1.05 bits per heavy atom. The van der Waals surface area contributed by atoms with Crippen molar-refractivity contribution < 1.29 is 23.6 Å². The SMILES string of the molecule is O=C1OC(=O)c2cc([N+](=O)[O-])cc3cc(F)cc1c23. The van der Waals surface area contributed by atoms with Gasteiger partial charge in [0.25, 0.3) is 5.69 Å². The molecule has 0 saturated carbocycles. The zero-order chi connectivity index (χ0) is 13.7. The molecule has 2 aromatic carbocycles. The number of rotatable bonds is 1. The second kappa shape index (κ2) is 3.58. The first kappa shape index (κ1) is 11.3. The molecule has 0 aromatic heterocycles. The Kier molecular flexibility index (Phi) is 2.12. The van der Waals surface area contributed by atoms with Gasteiger partial charge in [-0.2, -0.15) is 0 Å². The highest BCUT2D eigenvalue weighted by atomic mass is 19.1. The van der Waals surface area contributed by atoms with Crippen LogP contribution in [-0.4, -0.2) is 16.9 Å². The van der Waals surface area contributed by atoms with E-state index in [1.807, 2.05) is 0 Å². The number of nitro benzene ring substituents is 1. The number of esters is 2. The molecule has 0 radical (unpaired) electrons. The molecule has 1 heterocycles. The number of halogens is 1. The highest BCUT2D eigenvalue weighted by Gasteiger charge is 2.30. The number of benzene rings is 2. The van der Waals surface area contributed by atoms with Gasteiger partial charge in [-0.05, 0) is 17.5 Å². The number of non-ortho nitro benzene ring substituents is 1. The lowest BCUT2D eigenvalue weighted by atomic mass is 9.96. The average Bonchev–Trinajstić information content (AvgIpc) is 2.34. The van der Waals surface area contributed by atoms with Crippen LogP contribution in [0, 0.1) is 15.9 Å². The number of cyclic esters (lactones) is 2. The number of nitrogens with zero attached hydrogens (tertiary/aromatic N) is 1. The average molecular weight is 261 g/mol. The fourth-order valence-corrected chi connectivity index (χ4v) is 2.08. The quantitative estimate of drug-likeness (QED) is 0.340. The smallest absolute Gasteiger partial charge is 0.346 e. The number of carbonyl (C=O) groups is 2. The molecule has 0 unspecified atom stereocenters. The molecule has 0 saturated heterocycles. The number of ether oxygens (including phenoxy) is 1. The summed E-state index contributed by atoms with van der Waals surface area (Å²) in [7, 11) is 0. The van der Waals surface area contributed by atoms with Gasteiger partial charge in [0.05, 0.1) is 16.1 Å². The van der Waals surface area contributed by atoms with Gasteiger partial charge < -0.3 is 4.74 Å². The number of hydrogen-bond donors (Lipinski definition) is 0. The fraction of sp³-hybridized carbons (Fsp3) is 0. The monoisotopic (exact) mass is 261 g/mol. The van der Waals surface area contributed by atoms with Crippen molar-refractivity contribution >= 4 is 28.4 Å².